The molecule has 0 saturated heterocycles. The standard InChI is InChI=1S/C44H31N/c1-2-10-32(11-3-1)34-22-26-40(27-23-34)45(41-28-24-36(25-29-41)44-19-9-15-35-13-6-7-18-43(35)44)42-17-8-16-38(31-42)39-21-20-33-12-4-5-14-37(33)30-39/h1-31H/i22D,23D,26D,27D. The zero-order valence-electron chi connectivity index (χ0n) is 28.5. The zero-order valence-corrected chi connectivity index (χ0v) is 24.5. The van der Waals surface area contributed by atoms with Gasteiger partial charge in [0.2, 0.25) is 0 Å². The summed E-state index contributed by atoms with van der Waals surface area (Å²) in [5.41, 5.74) is 6.79. The molecule has 0 amide bonds. The second kappa shape index (κ2) is 11.6. The first-order valence-corrected chi connectivity index (χ1v) is 15.1. The van der Waals surface area contributed by atoms with Crippen molar-refractivity contribution >= 4 is 38.6 Å². The maximum Gasteiger partial charge on any atom is 0.0645 e. The topological polar surface area (TPSA) is 3.24 Å². The minimum absolute atomic E-state index is 0.0785. The van der Waals surface area contributed by atoms with Crippen molar-refractivity contribution in [2.75, 3.05) is 4.90 Å². The predicted molar refractivity (Wildman–Crippen MR) is 192 cm³/mol. The highest BCUT2D eigenvalue weighted by Crippen LogP contribution is 2.39. The molecule has 0 aromatic heterocycles. The third-order valence-corrected chi connectivity index (χ3v) is 8.31. The molecule has 0 aliphatic heterocycles. The van der Waals surface area contributed by atoms with Crippen LogP contribution >= 0.6 is 0 Å². The average molecular weight is 578 g/mol. The van der Waals surface area contributed by atoms with Crippen LogP contribution in [0.15, 0.2) is 188 Å². The Bertz CT molecular complexity index is 2460. The molecule has 0 radical (unpaired) electrons. The second-order valence-electron chi connectivity index (χ2n) is 11.1. The lowest BCUT2D eigenvalue weighted by Gasteiger charge is -2.26. The van der Waals surface area contributed by atoms with Crippen LogP contribution in [0.1, 0.15) is 5.48 Å². The average Bonchev–Trinajstić information content (AvgIpc) is 3.16. The van der Waals surface area contributed by atoms with Crippen molar-refractivity contribution in [2.45, 2.75) is 0 Å². The summed E-state index contributed by atoms with van der Waals surface area (Å²) in [6.45, 7) is 0. The molecular weight excluding hydrogens is 542 g/mol. The van der Waals surface area contributed by atoms with E-state index in [4.69, 9.17) is 2.74 Å². The van der Waals surface area contributed by atoms with Crippen molar-refractivity contribution in [3.63, 3.8) is 0 Å². The smallest absolute Gasteiger partial charge is 0.0645 e. The quantitative estimate of drug-likeness (QED) is 0.190. The summed E-state index contributed by atoms with van der Waals surface area (Å²) >= 11 is 0. The molecule has 45 heavy (non-hydrogen) atoms. The van der Waals surface area contributed by atoms with Gasteiger partial charge in [0.15, 0.2) is 0 Å². The van der Waals surface area contributed by atoms with Crippen LogP contribution in [0.2, 0.25) is 0 Å². The van der Waals surface area contributed by atoms with E-state index in [-0.39, 0.29) is 35.4 Å². The Hall–Kier alpha value is -5.92. The number of benzene rings is 8. The molecule has 0 N–H and O–H groups in total. The summed E-state index contributed by atoms with van der Waals surface area (Å²) < 4.78 is 36.8. The Morgan fingerprint density at radius 1 is 0.333 bits per heavy atom. The zero-order chi connectivity index (χ0) is 33.5. The summed E-state index contributed by atoms with van der Waals surface area (Å²) in [6.07, 6.45) is 0. The minimum Gasteiger partial charge on any atom is -0.310 e. The number of fused-ring (bicyclic) bond motifs is 2. The van der Waals surface area contributed by atoms with E-state index in [9.17, 15) is 2.74 Å². The van der Waals surface area contributed by atoms with Crippen LogP contribution in [0.25, 0.3) is 54.9 Å². The molecule has 0 fully saturated rings. The van der Waals surface area contributed by atoms with Gasteiger partial charge in [0.25, 0.3) is 0 Å². The Balaban J connectivity index is 1.31. The van der Waals surface area contributed by atoms with E-state index in [1.165, 1.54) is 5.39 Å². The Labute approximate surface area is 269 Å². The molecule has 8 aromatic carbocycles. The number of nitrogens with zero attached hydrogens (tertiary/aromatic N) is 1. The second-order valence-corrected chi connectivity index (χ2v) is 11.1. The van der Waals surface area contributed by atoms with Crippen molar-refractivity contribution < 1.29 is 5.48 Å². The Morgan fingerprint density at radius 3 is 1.78 bits per heavy atom. The van der Waals surface area contributed by atoms with Gasteiger partial charge >= 0.3 is 0 Å². The van der Waals surface area contributed by atoms with Crippen LogP contribution in [0.4, 0.5) is 17.1 Å². The molecule has 0 aliphatic rings. The molecule has 8 aromatic rings. The van der Waals surface area contributed by atoms with E-state index in [0.717, 1.165) is 49.8 Å². The van der Waals surface area contributed by atoms with E-state index in [1.54, 1.807) is 0 Å². The van der Waals surface area contributed by atoms with E-state index >= 15 is 0 Å². The number of rotatable bonds is 6. The van der Waals surface area contributed by atoms with Gasteiger partial charge in [0, 0.05) is 17.1 Å². The fourth-order valence-electron chi connectivity index (χ4n) is 6.03. The Kier molecular flexibility index (Phi) is 5.84. The molecule has 0 unspecified atom stereocenters. The summed E-state index contributed by atoms with van der Waals surface area (Å²) in [6, 6.07) is 54.3. The van der Waals surface area contributed by atoms with Crippen molar-refractivity contribution in [2.24, 2.45) is 0 Å². The van der Waals surface area contributed by atoms with E-state index < -0.39 is 0 Å². The molecule has 1 heteroatoms. The van der Waals surface area contributed by atoms with Crippen molar-refractivity contribution in [1.82, 2.24) is 0 Å². The Morgan fingerprint density at radius 2 is 0.956 bits per heavy atom. The summed E-state index contributed by atoms with van der Waals surface area (Å²) in [7, 11) is 0. The van der Waals surface area contributed by atoms with Gasteiger partial charge in [-0.2, -0.15) is 0 Å². The van der Waals surface area contributed by atoms with Crippen molar-refractivity contribution in [1.29, 1.82) is 0 Å². The molecule has 0 spiro atoms. The molecular formula is C44H31N. The van der Waals surface area contributed by atoms with Crippen LogP contribution in [0.5, 0.6) is 0 Å². The third-order valence-electron chi connectivity index (χ3n) is 8.31. The van der Waals surface area contributed by atoms with Crippen LogP contribution in [0, 0.1) is 0 Å². The van der Waals surface area contributed by atoms with Crippen LogP contribution in [-0.2, 0) is 0 Å². The monoisotopic (exact) mass is 577 g/mol. The molecule has 212 valence electrons. The van der Waals surface area contributed by atoms with Gasteiger partial charge < -0.3 is 4.90 Å². The fourth-order valence-corrected chi connectivity index (χ4v) is 6.03. The van der Waals surface area contributed by atoms with Gasteiger partial charge in [-0.3, -0.25) is 0 Å². The molecule has 0 heterocycles. The van der Waals surface area contributed by atoms with Gasteiger partial charge in [0.05, 0.1) is 5.48 Å². The first-order valence-electron chi connectivity index (χ1n) is 17.1. The van der Waals surface area contributed by atoms with Crippen molar-refractivity contribution in [3.8, 4) is 33.4 Å². The minimum atomic E-state index is -0.103. The van der Waals surface area contributed by atoms with Crippen molar-refractivity contribution in [3.05, 3.63) is 188 Å². The predicted octanol–water partition coefficient (Wildman–Crippen LogP) is 12.5. The van der Waals surface area contributed by atoms with Crippen LogP contribution in [0.3, 0.4) is 0 Å². The maximum absolute atomic E-state index is 9.29. The molecule has 0 aliphatic carbocycles. The lowest BCUT2D eigenvalue weighted by molar-refractivity contribution is 1.28. The summed E-state index contributed by atoms with van der Waals surface area (Å²) in [5, 5.41) is 4.63. The van der Waals surface area contributed by atoms with Gasteiger partial charge in [-0.15, -0.1) is 0 Å². The van der Waals surface area contributed by atoms with E-state index in [0.29, 0.717) is 5.56 Å². The SMILES string of the molecule is [2H]c1c([2H])c(N(c2ccc(-c3cccc4ccccc34)cc2)c2cccc(-c3ccc4ccccc4c3)c2)c([2H])c([2H])c1-c1ccccc1. The molecule has 0 atom stereocenters. The summed E-state index contributed by atoms with van der Waals surface area (Å²) in [5.74, 6) is 0. The highest BCUT2D eigenvalue weighted by molar-refractivity contribution is 5.97. The normalized spacial score (nSPS) is 12.4. The molecule has 0 saturated carbocycles. The number of hydrogen-bond donors (Lipinski definition) is 0. The molecule has 8 rings (SSSR count). The maximum atomic E-state index is 9.29. The van der Waals surface area contributed by atoms with Gasteiger partial charge in [-0.1, -0.05) is 146 Å². The third kappa shape index (κ3) is 5.26. The van der Waals surface area contributed by atoms with E-state index in [2.05, 4.69) is 84.9 Å². The molecule has 0 bridgehead atoms. The lowest BCUT2D eigenvalue weighted by atomic mass is 9.98. The lowest BCUT2D eigenvalue weighted by Crippen LogP contribution is -2.10. The first-order chi connectivity index (χ1) is 24.0. The largest absolute Gasteiger partial charge is 0.310 e. The van der Waals surface area contributed by atoms with Crippen LogP contribution < -0.4 is 4.90 Å². The fraction of sp³-hybridized carbons (Fsp3) is 0. The van der Waals surface area contributed by atoms with Crippen LogP contribution in [-0.4, -0.2) is 0 Å². The number of anilines is 3. The van der Waals surface area contributed by atoms with Gasteiger partial charge in [0.1, 0.15) is 0 Å². The van der Waals surface area contributed by atoms with Gasteiger partial charge in [-0.05, 0) is 97.3 Å². The first kappa shape index (κ1) is 22.6. The summed E-state index contributed by atoms with van der Waals surface area (Å²) in [4.78, 5) is 1.85. The molecule has 1 nitrogen and oxygen atoms in total. The van der Waals surface area contributed by atoms with Gasteiger partial charge in [-0.25, -0.2) is 0 Å². The highest BCUT2D eigenvalue weighted by Gasteiger charge is 2.15. The highest BCUT2D eigenvalue weighted by atomic mass is 15.1. The number of hydrogen-bond acceptors (Lipinski definition) is 1. The van der Waals surface area contributed by atoms with E-state index in [1.807, 2.05) is 83.8 Å².